The third kappa shape index (κ3) is 6.29. The first-order chi connectivity index (χ1) is 8.36. The molecule has 0 aromatic heterocycles. The van der Waals surface area contributed by atoms with Crippen molar-refractivity contribution in [3.05, 3.63) is 29.8 Å². The van der Waals surface area contributed by atoms with Gasteiger partial charge in [-0.05, 0) is 30.7 Å². The lowest BCUT2D eigenvalue weighted by molar-refractivity contribution is 0.317. The number of likely N-dealkylation sites (N-methyl/N-ethyl adjacent to an activating group) is 1. The van der Waals surface area contributed by atoms with E-state index in [0.717, 1.165) is 45.0 Å². The third-order valence-corrected chi connectivity index (χ3v) is 2.43. The molecular weight excluding hydrogens is 212 g/mol. The van der Waals surface area contributed by atoms with Crippen LogP contribution in [-0.4, -0.2) is 26.2 Å². The molecule has 0 amide bonds. The van der Waals surface area contributed by atoms with Gasteiger partial charge in [-0.25, -0.2) is 0 Å². The van der Waals surface area contributed by atoms with Crippen LogP contribution in [0.4, 0.5) is 0 Å². The van der Waals surface area contributed by atoms with Crippen LogP contribution >= 0.6 is 0 Å². The van der Waals surface area contributed by atoms with Crippen LogP contribution in [0, 0.1) is 0 Å². The van der Waals surface area contributed by atoms with Crippen molar-refractivity contribution in [3.63, 3.8) is 0 Å². The molecule has 0 saturated carbocycles. The van der Waals surface area contributed by atoms with E-state index in [1.54, 1.807) is 0 Å². The zero-order chi connectivity index (χ0) is 12.3. The molecule has 1 aromatic carbocycles. The smallest absolute Gasteiger partial charge is 0.119 e. The highest BCUT2D eigenvalue weighted by Gasteiger charge is 1.96. The largest absolute Gasteiger partial charge is 0.494 e. The predicted octanol–water partition coefficient (Wildman–Crippen LogP) is 2.17. The van der Waals surface area contributed by atoms with E-state index in [1.165, 1.54) is 5.56 Å². The zero-order valence-corrected chi connectivity index (χ0v) is 11.0. The maximum Gasteiger partial charge on any atom is 0.119 e. The molecule has 0 fully saturated rings. The van der Waals surface area contributed by atoms with Gasteiger partial charge in [0.15, 0.2) is 0 Å². The average Bonchev–Trinajstić information content (AvgIpc) is 2.37. The van der Waals surface area contributed by atoms with Crippen molar-refractivity contribution in [2.24, 2.45) is 0 Å². The van der Waals surface area contributed by atoms with Gasteiger partial charge < -0.3 is 15.4 Å². The van der Waals surface area contributed by atoms with E-state index in [0.29, 0.717) is 0 Å². The van der Waals surface area contributed by atoms with E-state index in [4.69, 9.17) is 4.74 Å². The Hall–Kier alpha value is -1.06. The summed E-state index contributed by atoms with van der Waals surface area (Å²) in [6, 6.07) is 8.29. The molecule has 1 rings (SSSR count). The highest BCUT2D eigenvalue weighted by atomic mass is 16.5. The van der Waals surface area contributed by atoms with Gasteiger partial charge in [-0.2, -0.15) is 0 Å². The first kappa shape index (κ1) is 14.0. The molecule has 0 aliphatic carbocycles. The summed E-state index contributed by atoms with van der Waals surface area (Å²) in [7, 11) is 0. The van der Waals surface area contributed by atoms with Crippen molar-refractivity contribution in [1.29, 1.82) is 0 Å². The average molecular weight is 236 g/mol. The molecule has 17 heavy (non-hydrogen) atoms. The first-order valence-corrected chi connectivity index (χ1v) is 6.50. The monoisotopic (exact) mass is 236 g/mol. The SMILES string of the molecule is CCCOc1cccc(CNCCNCC)c1. The van der Waals surface area contributed by atoms with Crippen LogP contribution in [0.5, 0.6) is 5.75 Å². The molecule has 1 aromatic rings. The van der Waals surface area contributed by atoms with E-state index in [2.05, 4.69) is 36.6 Å². The Kier molecular flexibility index (Phi) is 7.43. The molecule has 0 atom stereocenters. The van der Waals surface area contributed by atoms with Gasteiger partial charge in [-0.3, -0.25) is 0 Å². The number of ether oxygens (including phenoxy) is 1. The van der Waals surface area contributed by atoms with Gasteiger partial charge in [0.25, 0.3) is 0 Å². The number of rotatable bonds is 9. The summed E-state index contributed by atoms with van der Waals surface area (Å²) < 4.78 is 5.60. The molecule has 96 valence electrons. The standard InChI is InChI=1S/C14H24N2O/c1-3-10-17-14-7-5-6-13(11-14)12-16-9-8-15-4-2/h5-7,11,15-16H,3-4,8-10,12H2,1-2H3. The third-order valence-electron chi connectivity index (χ3n) is 2.43. The summed E-state index contributed by atoms with van der Waals surface area (Å²) in [5.74, 6) is 0.970. The van der Waals surface area contributed by atoms with Gasteiger partial charge in [0.2, 0.25) is 0 Å². The van der Waals surface area contributed by atoms with Crippen LogP contribution in [0.1, 0.15) is 25.8 Å². The summed E-state index contributed by atoms with van der Waals surface area (Å²) in [5.41, 5.74) is 1.27. The van der Waals surface area contributed by atoms with Crippen LogP contribution in [-0.2, 0) is 6.54 Å². The number of nitrogens with one attached hydrogen (secondary N) is 2. The Morgan fingerprint density at radius 3 is 2.71 bits per heavy atom. The van der Waals surface area contributed by atoms with Gasteiger partial charge in [0.1, 0.15) is 5.75 Å². The van der Waals surface area contributed by atoms with Gasteiger partial charge in [0.05, 0.1) is 6.61 Å². The van der Waals surface area contributed by atoms with Crippen LogP contribution in [0.3, 0.4) is 0 Å². The second-order valence-corrected chi connectivity index (χ2v) is 4.03. The van der Waals surface area contributed by atoms with Crippen LogP contribution in [0.15, 0.2) is 24.3 Å². The van der Waals surface area contributed by atoms with E-state index < -0.39 is 0 Å². The quantitative estimate of drug-likeness (QED) is 0.645. The molecule has 0 bridgehead atoms. The molecule has 0 spiro atoms. The molecule has 0 unspecified atom stereocenters. The molecule has 3 nitrogen and oxygen atoms in total. The Balaban J connectivity index is 2.27. The summed E-state index contributed by atoms with van der Waals surface area (Å²) in [5, 5.41) is 6.69. The van der Waals surface area contributed by atoms with Crippen molar-refractivity contribution in [2.45, 2.75) is 26.8 Å². The maximum absolute atomic E-state index is 5.60. The fourth-order valence-electron chi connectivity index (χ4n) is 1.55. The minimum Gasteiger partial charge on any atom is -0.494 e. The summed E-state index contributed by atoms with van der Waals surface area (Å²) >= 11 is 0. The van der Waals surface area contributed by atoms with Gasteiger partial charge in [0, 0.05) is 19.6 Å². The van der Waals surface area contributed by atoms with Crippen LogP contribution in [0.2, 0.25) is 0 Å². The first-order valence-electron chi connectivity index (χ1n) is 6.50. The van der Waals surface area contributed by atoms with Crippen molar-refractivity contribution < 1.29 is 4.74 Å². The molecule has 0 radical (unpaired) electrons. The predicted molar refractivity (Wildman–Crippen MR) is 72.5 cm³/mol. The minimum absolute atomic E-state index is 0.789. The van der Waals surface area contributed by atoms with Crippen molar-refractivity contribution >= 4 is 0 Å². The number of benzene rings is 1. The van der Waals surface area contributed by atoms with Gasteiger partial charge in [-0.1, -0.05) is 26.0 Å². The lowest BCUT2D eigenvalue weighted by Gasteiger charge is -2.08. The molecule has 3 heteroatoms. The second kappa shape index (κ2) is 9.02. The highest BCUT2D eigenvalue weighted by Crippen LogP contribution is 2.13. The Morgan fingerprint density at radius 2 is 1.94 bits per heavy atom. The molecule has 0 aliphatic rings. The van der Waals surface area contributed by atoms with Crippen molar-refractivity contribution in [1.82, 2.24) is 10.6 Å². The van der Waals surface area contributed by atoms with Gasteiger partial charge >= 0.3 is 0 Å². The molecule has 2 N–H and O–H groups in total. The summed E-state index contributed by atoms with van der Waals surface area (Å²) in [6.07, 6.45) is 1.05. The normalized spacial score (nSPS) is 10.5. The fraction of sp³-hybridized carbons (Fsp3) is 0.571. The van der Waals surface area contributed by atoms with E-state index >= 15 is 0 Å². The Morgan fingerprint density at radius 1 is 1.12 bits per heavy atom. The van der Waals surface area contributed by atoms with Gasteiger partial charge in [-0.15, -0.1) is 0 Å². The zero-order valence-electron chi connectivity index (χ0n) is 11.0. The maximum atomic E-state index is 5.60. The van der Waals surface area contributed by atoms with Crippen LogP contribution < -0.4 is 15.4 Å². The lowest BCUT2D eigenvalue weighted by atomic mass is 10.2. The fourth-order valence-corrected chi connectivity index (χ4v) is 1.55. The van der Waals surface area contributed by atoms with Crippen molar-refractivity contribution in [3.8, 4) is 5.75 Å². The van der Waals surface area contributed by atoms with E-state index in [1.807, 2.05) is 12.1 Å². The Bertz CT molecular complexity index is 302. The van der Waals surface area contributed by atoms with Crippen LogP contribution in [0.25, 0.3) is 0 Å². The Labute approximate surface area is 105 Å². The summed E-state index contributed by atoms with van der Waals surface area (Å²) in [6.45, 7) is 8.96. The van der Waals surface area contributed by atoms with E-state index in [9.17, 15) is 0 Å². The number of hydrogen-bond acceptors (Lipinski definition) is 3. The minimum atomic E-state index is 0.789. The summed E-state index contributed by atoms with van der Waals surface area (Å²) in [4.78, 5) is 0. The topological polar surface area (TPSA) is 33.3 Å². The highest BCUT2D eigenvalue weighted by molar-refractivity contribution is 5.28. The second-order valence-electron chi connectivity index (χ2n) is 4.03. The lowest BCUT2D eigenvalue weighted by Crippen LogP contribution is -2.26. The number of hydrogen-bond donors (Lipinski definition) is 2. The molecule has 0 aliphatic heterocycles. The van der Waals surface area contributed by atoms with Crippen molar-refractivity contribution in [2.75, 3.05) is 26.2 Å². The molecular formula is C14H24N2O. The molecule has 0 saturated heterocycles. The molecule has 0 heterocycles. The van der Waals surface area contributed by atoms with E-state index in [-0.39, 0.29) is 0 Å².